The van der Waals surface area contributed by atoms with Crippen LogP contribution in [-0.2, 0) is 4.74 Å². The molecule has 2 saturated heterocycles. The predicted octanol–water partition coefficient (Wildman–Crippen LogP) is 4.14. The second-order valence-corrected chi connectivity index (χ2v) is 7.57. The summed E-state index contributed by atoms with van der Waals surface area (Å²) in [5.41, 5.74) is -1.81. The largest absolute Gasteiger partial charge is 0.444 e. The molecule has 2 aliphatic rings. The molecule has 1 N–H and O–H groups in total. The fourth-order valence-electron chi connectivity index (χ4n) is 3.58. The number of nitrogens with zero attached hydrogens (tertiary/aromatic N) is 1. The van der Waals surface area contributed by atoms with E-state index < -0.39 is 35.6 Å². The van der Waals surface area contributed by atoms with Crippen molar-refractivity contribution in [1.82, 2.24) is 4.90 Å². The third kappa shape index (κ3) is 4.40. The number of halogens is 3. The van der Waals surface area contributed by atoms with Crippen LogP contribution in [0.15, 0.2) is 11.9 Å². The van der Waals surface area contributed by atoms with E-state index in [2.05, 4.69) is 0 Å². The Labute approximate surface area is 134 Å². The van der Waals surface area contributed by atoms with Crippen molar-refractivity contribution in [1.29, 1.82) is 0 Å². The van der Waals surface area contributed by atoms with Gasteiger partial charge in [0.1, 0.15) is 5.60 Å². The second kappa shape index (κ2) is 6.34. The van der Waals surface area contributed by atoms with Gasteiger partial charge in [0.2, 0.25) is 0 Å². The lowest BCUT2D eigenvalue weighted by Crippen LogP contribution is -2.54. The molecule has 2 rings (SSSR count). The van der Waals surface area contributed by atoms with Crippen molar-refractivity contribution in [2.75, 3.05) is 0 Å². The molecule has 0 aromatic carbocycles. The zero-order valence-corrected chi connectivity index (χ0v) is 13.7. The molecule has 0 saturated carbocycles. The minimum Gasteiger partial charge on any atom is -0.444 e. The summed E-state index contributed by atoms with van der Waals surface area (Å²) in [6.07, 6.45) is -1.27. The molecule has 2 unspecified atom stereocenters. The molecule has 2 heterocycles. The zero-order chi connectivity index (χ0) is 17.4. The zero-order valence-electron chi connectivity index (χ0n) is 13.7. The van der Waals surface area contributed by atoms with Crippen molar-refractivity contribution in [3.8, 4) is 0 Å². The summed E-state index contributed by atoms with van der Waals surface area (Å²) in [4.78, 5) is 14.0. The normalized spacial score (nSPS) is 30.3. The van der Waals surface area contributed by atoms with Crippen molar-refractivity contribution in [2.24, 2.45) is 0 Å². The third-order valence-corrected chi connectivity index (χ3v) is 4.47. The average molecular weight is 335 g/mol. The van der Waals surface area contributed by atoms with E-state index in [9.17, 15) is 23.1 Å². The Bertz CT molecular complexity index is 483. The maximum atomic E-state index is 13.0. The molecule has 7 heteroatoms. The fraction of sp³-hybridized carbons (Fsp3) is 0.812. The van der Waals surface area contributed by atoms with E-state index in [1.54, 1.807) is 25.7 Å². The number of carbonyl (C=O) groups is 1. The summed E-state index contributed by atoms with van der Waals surface area (Å²) >= 11 is 0. The maximum absolute atomic E-state index is 13.0. The van der Waals surface area contributed by atoms with E-state index in [-0.39, 0.29) is 31.3 Å². The van der Waals surface area contributed by atoms with Gasteiger partial charge in [-0.05, 0) is 52.9 Å². The molecule has 2 bridgehead atoms. The van der Waals surface area contributed by atoms with Gasteiger partial charge in [-0.15, -0.1) is 0 Å². The molecule has 23 heavy (non-hydrogen) atoms. The first kappa shape index (κ1) is 18.1. The monoisotopic (exact) mass is 335 g/mol. The van der Waals surface area contributed by atoms with Gasteiger partial charge in [-0.3, -0.25) is 0 Å². The molecule has 2 atom stereocenters. The highest BCUT2D eigenvalue weighted by Gasteiger charge is 2.50. The molecule has 0 aromatic heterocycles. The van der Waals surface area contributed by atoms with E-state index in [0.29, 0.717) is 0 Å². The molecule has 0 aliphatic carbocycles. The number of amides is 1. The third-order valence-electron chi connectivity index (χ3n) is 4.47. The van der Waals surface area contributed by atoms with Crippen LogP contribution in [0.3, 0.4) is 0 Å². The quantitative estimate of drug-likeness (QED) is 0.843. The smallest absolute Gasteiger partial charge is 0.410 e. The van der Waals surface area contributed by atoms with E-state index in [1.165, 1.54) is 0 Å². The number of rotatable bonds is 3. The Hall–Kier alpha value is -1.24. The van der Waals surface area contributed by atoms with Crippen LogP contribution in [0.25, 0.3) is 0 Å². The summed E-state index contributed by atoms with van der Waals surface area (Å²) in [6.45, 7) is 5.36. The summed E-state index contributed by atoms with van der Waals surface area (Å²) in [5.74, 6) is -1.47. The van der Waals surface area contributed by atoms with Crippen LogP contribution in [0.5, 0.6) is 0 Å². The maximum Gasteiger partial charge on any atom is 0.410 e. The number of ether oxygens (including phenoxy) is 1. The first-order valence-electron chi connectivity index (χ1n) is 7.94. The topological polar surface area (TPSA) is 49.8 Å². The van der Waals surface area contributed by atoms with Gasteiger partial charge in [-0.25, -0.2) is 9.18 Å². The lowest BCUT2D eigenvalue weighted by atomic mass is 9.82. The lowest BCUT2D eigenvalue weighted by Gasteiger charge is -2.44. The highest BCUT2D eigenvalue weighted by Crippen LogP contribution is 2.43. The lowest BCUT2D eigenvalue weighted by molar-refractivity contribution is -0.0629. The van der Waals surface area contributed by atoms with Crippen molar-refractivity contribution in [3.63, 3.8) is 0 Å². The van der Waals surface area contributed by atoms with Gasteiger partial charge in [-0.1, -0.05) is 0 Å². The van der Waals surface area contributed by atoms with Crippen LogP contribution in [0.2, 0.25) is 0 Å². The number of fused-ring (bicyclic) bond motifs is 2. The molecule has 2 aliphatic heterocycles. The van der Waals surface area contributed by atoms with Crippen molar-refractivity contribution < 1.29 is 27.8 Å². The number of hydrogen-bond acceptors (Lipinski definition) is 3. The average Bonchev–Trinajstić information content (AvgIpc) is 2.67. The molecule has 1 amide bonds. The van der Waals surface area contributed by atoms with Crippen molar-refractivity contribution >= 4 is 6.09 Å². The second-order valence-electron chi connectivity index (χ2n) is 7.57. The number of aliphatic hydroxyl groups is 1. The molecule has 4 nitrogen and oxygen atoms in total. The number of hydrogen-bond donors (Lipinski definition) is 1. The van der Waals surface area contributed by atoms with Crippen molar-refractivity contribution in [2.45, 2.75) is 82.6 Å². The van der Waals surface area contributed by atoms with Crippen LogP contribution in [0, 0.1) is 0 Å². The highest BCUT2D eigenvalue weighted by atomic mass is 19.3. The first-order chi connectivity index (χ1) is 10.5. The molecule has 132 valence electrons. The van der Waals surface area contributed by atoms with Gasteiger partial charge in [0.25, 0.3) is 0 Å². The number of carbonyl (C=O) groups excluding carboxylic acids is 1. The van der Waals surface area contributed by atoms with Gasteiger partial charge < -0.3 is 14.7 Å². The van der Waals surface area contributed by atoms with Crippen LogP contribution < -0.4 is 0 Å². The molecule has 0 radical (unpaired) electrons. The Morgan fingerprint density at radius 2 is 1.74 bits per heavy atom. The Kier molecular flexibility index (Phi) is 4.99. The van der Waals surface area contributed by atoms with E-state index in [4.69, 9.17) is 4.74 Å². The SMILES string of the molecule is CC(C)(C)OC(=O)N1C2CCC1CC(O)(CCC(F)=C(F)F)C2. The molecule has 0 spiro atoms. The molecule has 0 aromatic rings. The summed E-state index contributed by atoms with van der Waals surface area (Å²) in [6, 6.07) is -0.369. The van der Waals surface area contributed by atoms with Crippen molar-refractivity contribution in [3.05, 3.63) is 11.9 Å². The standard InChI is InChI=1S/C16H24F3NO3/c1-15(2,3)23-14(21)20-10-4-5-11(20)9-16(22,8-10)7-6-12(17)13(18)19/h10-11,22H,4-9H2,1-3H3. The molecule has 2 fully saturated rings. The van der Waals surface area contributed by atoms with Crippen LogP contribution in [-0.4, -0.2) is 39.4 Å². The van der Waals surface area contributed by atoms with Gasteiger partial charge in [0.05, 0.1) is 5.60 Å². The van der Waals surface area contributed by atoms with Crippen LogP contribution >= 0.6 is 0 Å². The Morgan fingerprint density at radius 3 is 2.17 bits per heavy atom. The van der Waals surface area contributed by atoms with Gasteiger partial charge in [0, 0.05) is 18.5 Å². The summed E-state index contributed by atoms with van der Waals surface area (Å²) < 4.78 is 42.7. The molecular formula is C16H24F3NO3. The summed E-state index contributed by atoms with van der Waals surface area (Å²) in [7, 11) is 0. The minimum atomic E-state index is -2.33. The van der Waals surface area contributed by atoms with E-state index in [1.807, 2.05) is 0 Å². The van der Waals surface area contributed by atoms with Gasteiger partial charge >= 0.3 is 12.2 Å². The van der Waals surface area contributed by atoms with E-state index >= 15 is 0 Å². The first-order valence-corrected chi connectivity index (χ1v) is 7.94. The number of allylic oxidation sites excluding steroid dienone is 1. The Morgan fingerprint density at radius 1 is 1.22 bits per heavy atom. The fourth-order valence-corrected chi connectivity index (χ4v) is 3.58. The minimum absolute atomic E-state index is 0.0642. The van der Waals surface area contributed by atoms with Crippen LogP contribution in [0.4, 0.5) is 18.0 Å². The summed E-state index contributed by atoms with van der Waals surface area (Å²) in [5, 5.41) is 10.6. The van der Waals surface area contributed by atoms with Gasteiger partial charge in [-0.2, -0.15) is 8.78 Å². The Balaban J connectivity index is 2.01. The van der Waals surface area contributed by atoms with E-state index in [0.717, 1.165) is 12.8 Å². The van der Waals surface area contributed by atoms with Gasteiger partial charge in [0.15, 0.2) is 5.83 Å². The predicted molar refractivity (Wildman–Crippen MR) is 78.7 cm³/mol. The van der Waals surface area contributed by atoms with Crippen LogP contribution in [0.1, 0.15) is 59.3 Å². The highest BCUT2D eigenvalue weighted by molar-refractivity contribution is 5.69. The molecular weight excluding hydrogens is 311 g/mol. The number of piperidine rings is 1.